The van der Waals surface area contributed by atoms with Crippen LogP contribution in [0.4, 0.5) is 0 Å². The molecule has 0 aliphatic rings. The lowest BCUT2D eigenvalue weighted by molar-refractivity contribution is 0.477. The molecular formula is C13H8Cl2N2O. The molecule has 3 rings (SSSR count). The molecule has 0 fully saturated rings. The predicted molar refractivity (Wildman–Crippen MR) is 73.2 cm³/mol. The Morgan fingerprint density at radius 2 is 1.89 bits per heavy atom. The minimum atomic E-state index is -0.0277. The maximum absolute atomic E-state index is 9.95. The fourth-order valence-electron chi connectivity index (χ4n) is 1.83. The van der Waals surface area contributed by atoms with Gasteiger partial charge in [-0.15, -0.1) is 0 Å². The van der Waals surface area contributed by atoms with Crippen molar-refractivity contribution in [3.63, 3.8) is 0 Å². The number of halogens is 2. The van der Waals surface area contributed by atoms with Gasteiger partial charge >= 0.3 is 0 Å². The van der Waals surface area contributed by atoms with Gasteiger partial charge in [-0.05, 0) is 24.3 Å². The topological polar surface area (TPSA) is 48.9 Å². The minimum absolute atomic E-state index is 0.0277. The van der Waals surface area contributed by atoms with Crippen molar-refractivity contribution in [1.29, 1.82) is 0 Å². The van der Waals surface area contributed by atoms with Crippen LogP contribution >= 0.6 is 23.2 Å². The lowest BCUT2D eigenvalue weighted by atomic mass is 10.2. The number of aromatic hydroxyl groups is 1. The number of nitrogens with zero attached hydrogens (tertiary/aromatic N) is 1. The number of hydrogen-bond donors (Lipinski definition) is 2. The Balaban J connectivity index is 2.26. The van der Waals surface area contributed by atoms with Crippen molar-refractivity contribution in [3.05, 3.63) is 46.4 Å². The number of aromatic nitrogens is 2. The molecule has 3 nitrogen and oxygen atoms in total. The molecule has 0 atom stereocenters. The van der Waals surface area contributed by atoms with Crippen LogP contribution in [0.1, 0.15) is 0 Å². The number of nitrogens with one attached hydrogen (secondary N) is 1. The zero-order chi connectivity index (χ0) is 12.7. The number of H-pyrrole nitrogens is 1. The summed E-state index contributed by atoms with van der Waals surface area (Å²) in [5.41, 5.74) is 2.20. The van der Waals surface area contributed by atoms with Gasteiger partial charge in [-0.25, -0.2) is 4.98 Å². The number of imidazole rings is 1. The molecule has 1 heterocycles. The second kappa shape index (κ2) is 4.19. The fourth-order valence-corrected chi connectivity index (χ4v) is 2.32. The summed E-state index contributed by atoms with van der Waals surface area (Å²) in [6.45, 7) is 0. The highest BCUT2D eigenvalue weighted by Gasteiger charge is 2.13. The van der Waals surface area contributed by atoms with Gasteiger partial charge in [0, 0.05) is 5.02 Å². The lowest BCUT2D eigenvalue weighted by Gasteiger charge is -2.04. The van der Waals surface area contributed by atoms with E-state index < -0.39 is 0 Å². The maximum Gasteiger partial charge on any atom is 0.145 e. The first-order valence-corrected chi connectivity index (χ1v) is 6.04. The highest BCUT2D eigenvalue weighted by atomic mass is 35.5. The van der Waals surface area contributed by atoms with Gasteiger partial charge in [0.15, 0.2) is 0 Å². The Hall–Kier alpha value is -1.71. The molecule has 2 aromatic carbocycles. The van der Waals surface area contributed by atoms with Crippen LogP contribution in [0.2, 0.25) is 10.0 Å². The Bertz CT molecular complexity index is 704. The number of para-hydroxylation sites is 2. The molecular weight excluding hydrogens is 271 g/mol. The third-order valence-corrected chi connectivity index (χ3v) is 3.18. The van der Waals surface area contributed by atoms with E-state index in [9.17, 15) is 5.11 Å². The van der Waals surface area contributed by atoms with Gasteiger partial charge in [-0.2, -0.15) is 0 Å². The SMILES string of the molecule is Oc1c(Cl)cc(Cl)cc1-c1nc2ccccc2[nH]1. The van der Waals surface area contributed by atoms with E-state index in [0.717, 1.165) is 11.0 Å². The fraction of sp³-hybridized carbons (Fsp3) is 0. The van der Waals surface area contributed by atoms with E-state index in [-0.39, 0.29) is 10.8 Å². The van der Waals surface area contributed by atoms with Crippen molar-refractivity contribution in [3.8, 4) is 17.1 Å². The van der Waals surface area contributed by atoms with E-state index in [2.05, 4.69) is 9.97 Å². The highest BCUT2D eigenvalue weighted by molar-refractivity contribution is 6.36. The van der Waals surface area contributed by atoms with Crippen molar-refractivity contribution in [2.24, 2.45) is 0 Å². The zero-order valence-corrected chi connectivity index (χ0v) is 10.6. The number of fused-ring (bicyclic) bond motifs is 1. The second-order valence-corrected chi connectivity index (χ2v) is 4.73. The molecule has 0 radical (unpaired) electrons. The Labute approximate surface area is 113 Å². The molecule has 0 unspecified atom stereocenters. The number of rotatable bonds is 1. The van der Waals surface area contributed by atoms with Gasteiger partial charge in [0.1, 0.15) is 11.6 Å². The normalized spacial score (nSPS) is 11.0. The first kappa shape index (κ1) is 11.4. The van der Waals surface area contributed by atoms with Gasteiger partial charge in [-0.1, -0.05) is 35.3 Å². The summed E-state index contributed by atoms with van der Waals surface area (Å²) in [5, 5.41) is 10.6. The third-order valence-electron chi connectivity index (χ3n) is 2.67. The number of benzene rings is 2. The standard InChI is InChI=1S/C13H8Cl2N2O/c14-7-5-8(12(18)9(15)6-7)13-16-10-3-1-2-4-11(10)17-13/h1-6,18H,(H,16,17). The monoisotopic (exact) mass is 278 g/mol. The molecule has 0 saturated carbocycles. The molecule has 2 N–H and O–H groups in total. The van der Waals surface area contributed by atoms with Crippen LogP contribution in [0.15, 0.2) is 36.4 Å². The van der Waals surface area contributed by atoms with Crippen molar-refractivity contribution < 1.29 is 5.11 Å². The Morgan fingerprint density at radius 1 is 1.11 bits per heavy atom. The van der Waals surface area contributed by atoms with Crippen molar-refractivity contribution in [1.82, 2.24) is 9.97 Å². The van der Waals surface area contributed by atoms with E-state index in [1.807, 2.05) is 24.3 Å². The largest absolute Gasteiger partial charge is 0.506 e. The van der Waals surface area contributed by atoms with Crippen molar-refractivity contribution in [2.75, 3.05) is 0 Å². The molecule has 90 valence electrons. The van der Waals surface area contributed by atoms with Crippen molar-refractivity contribution >= 4 is 34.2 Å². The van der Waals surface area contributed by atoms with Crippen LogP contribution in [0.5, 0.6) is 5.75 Å². The molecule has 1 aromatic heterocycles. The average Bonchev–Trinajstić information content (AvgIpc) is 2.77. The van der Waals surface area contributed by atoms with Crippen LogP contribution in [0.25, 0.3) is 22.4 Å². The van der Waals surface area contributed by atoms with Gasteiger partial charge in [0.2, 0.25) is 0 Å². The second-order valence-electron chi connectivity index (χ2n) is 3.89. The van der Waals surface area contributed by atoms with Gasteiger partial charge in [0.05, 0.1) is 21.6 Å². The molecule has 18 heavy (non-hydrogen) atoms. The first-order chi connectivity index (χ1) is 8.65. The average molecular weight is 279 g/mol. The summed E-state index contributed by atoms with van der Waals surface area (Å²) in [5.74, 6) is 0.512. The van der Waals surface area contributed by atoms with Gasteiger partial charge in [0.25, 0.3) is 0 Å². The molecule has 0 bridgehead atoms. The molecule has 5 heteroatoms. The Kier molecular flexibility index (Phi) is 2.65. The maximum atomic E-state index is 9.95. The van der Waals surface area contributed by atoms with Crippen LogP contribution in [-0.4, -0.2) is 15.1 Å². The van der Waals surface area contributed by atoms with Crippen LogP contribution in [0, 0.1) is 0 Å². The summed E-state index contributed by atoms with van der Waals surface area (Å²) in [6.07, 6.45) is 0. The first-order valence-electron chi connectivity index (χ1n) is 5.28. The minimum Gasteiger partial charge on any atom is -0.506 e. The molecule has 0 spiro atoms. The quantitative estimate of drug-likeness (QED) is 0.699. The molecule has 0 aliphatic carbocycles. The summed E-state index contributed by atoms with van der Waals surface area (Å²) < 4.78 is 0. The van der Waals surface area contributed by atoms with Crippen LogP contribution in [-0.2, 0) is 0 Å². The van der Waals surface area contributed by atoms with Crippen LogP contribution in [0.3, 0.4) is 0 Å². The van der Waals surface area contributed by atoms with Crippen LogP contribution < -0.4 is 0 Å². The lowest BCUT2D eigenvalue weighted by Crippen LogP contribution is -1.83. The van der Waals surface area contributed by atoms with E-state index in [0.29, 0.717) is 16.4 Å². The summed E-state index contributed by atoms with van der Waals surface area (Å²) in [7, 11) is 0. The molecule has 0 saturated heterocycles. The zero-order valence-electron chi connectivity index (χ0n) is 9.11. The number of hydrogen-bond acceptors (Lipinski definition) is 2. The third kappa shape index (κ3) is 1.82. The molecule has 0 amide bonds. The van der Waals surface area contributed by atoms with E-state index in [4.69, 9.17) is 23.2 Å². The molecule has 3 aromatic rings. The number of aromatic amines is 1. The Morgan fingerprint density at radius 3 is 2.67 bits per heavy atom. The smallest absolute Gasteiger partial charge is 0.145 e. The summed E-state index contributed by atoms with van der Waals surface area (Å²) in [6, 6.07) is 10.7. The predicted octanol–water partition coefficient (Wildman–Crippen LogP) is 4.24. The van der Waals surface area contributed by atoms with Gasteiger partial charge < -0.3 is 10.1 Å². The van der Waals surface area contributed by atoms with E-state index in [1.165, 1.54) is 6.07 Å². The van der Waals surface area contributed by atoms with E-state index in [1.54, 1.807) is 6.07 Å². The molecule has 0 aliphatic heterocycles. The summed E-state index contributed by atoms with van der Waals surface area (Å²) >= 11 is 11.8. The number of phenolic OH excluding ortho intramolecular Hbond substituents is 1. The van der Waals surface area contributed by atoms with E-state index >= 15 is 0 Å². The summed E-state index contributed by atoms with van der Waals surface area (Å²) in [4.78, 5) is 7.51. The number of phenols is 1. The van der Waals surface area contributed by atoms with Crippen molar-refractivity contribution in [2.45, 2.75) is 0 Å². The highest BCUT2D eigenvalue weighted by Crippen LogP contribution is 2.37. The van der Waals surface area contributed by atoms with Gasteiger partial charge in [-0.3, -0.25) is 0 Å².